The number of rotatable bonds is 8. The van der Waals surface area contributed by atoms with Crippen LogP contribution in [0, 0.1) is 5.82 Å². The molecule has 0 radical (unpaired) electrons. The predicted octanol–water partition coefficient (Wildman–Crippen LogP) is 2.89. The zero-order valence-electron chi connectivity index (χ0n) is 18.1. The smallest absolute Gasteiger partial charge is 0.237 e. The summed E-state index contributed by atoms with van der Waals surface area (Å²) in [7, 11) is 0. The van der Waals surface area contributed by atoms with Gasteiger partial charge < -0.3 is 5.32 Å². The number of halogens is 1. The van der Waals surface area contributed by atoms with Crippen LogP contribution < -0.4 is 5.32 Å². The minimum absolute atomic E-state index is 0.00445. The lowest BCUT2D eigenvalue weighted by atomic mass is 10.1. The molecule has 1 N–H and O–H groups in total. The number of nitrogens with one attached hydrogen (secondary N) is 1. The first-order valence-corrected chi connectivity index (χ1v) is 10.8. The number of aromatic nitrogens is 4. The van der Waals surface area contributed by atoms with Crippen LogP contribution >= 0.6 is 0 Å². The zero-order chi connectivity index (χ0) is 22.3. The molecule has 0 spiro atoms. The summed E-state index contributed by atoms with van der Waals surface area (Å²) in [6, 6.07) is 16.3. The van der Waals surface area contributed by atoms with E-state index in [-0.39, 0.29) is 23.8 Å². The quantitative estimate of drug-likeness (QED) is 0.590. The maximum Gasteiger partial charge on any atom is 0.237 e. The molecule has 8 heteroatoms. The van der Waals surface area contributed by atoms with Crippen LogP contribution in [0.4, 0.5) is 4.39 Å². The van der Waals surface area contributed by atoms with Gasteiger partial charge in [0.25, 0.3) is 0 Å². The molecule has 2 heterocycles. The summed E-state index contributed by atoms with van der Waals surface area (Å²) in [4.78, 5) is 15.3. The highest BCUT2D eigenvalue weighted by Crippen LogP contribution is 2.27. The molecule has 1 aliphatic heterocycles. The van der Waals surface area contributed by atoms with Crippen LogP contribution in [0.5, 0.6) is 0 Å². The van der Waals surface area contributed by atoms with E-state index in [2.05, 4.69) is 50.9 Å². The number of amides is 1. The Morgan fingerprint density at radius 3 is 2.69 bits per heavy atom. The van der Waals surface area contributed by atoms with E-state index in [1.807, 2.05) is 18.2 Å². The van der Waals surface area contributed by atoms with Gasteiger partial charge in [0.15, 0.2) is 0 Å². The van der Waals surface area contributed by atoms with E-state index in [9.17, 15) is 9.18 Å². The Kier molecular flexibility index (Phi) is 7.01. The number of carbonyl (C=O) groups is 1. The van der Waals surface area contributed by atoms with Crippen molar-refractivity contribution in [3.05, 3.63) is 83.4 Å². The van der Waals surface area contributed by atoms with Gasteiger partial charge in [-0.05, 0) is 53.5 Å². The first-order chi connectivity index (χ1) is 15.6. The van der Waals surface area contributed by atoms with Crippen molar-refractivity contribution in [2.24, 2.45) is 0 Å². The number of likely N-dealkylation sites (tertiary alicyclic amines) is 1. The second-order valence-electron chi connectivity index (χ2n) is 8.19. The van der Waals surface area contributed by atoms with Gasteiger partial charge in [0.05, 0.1) is 12.1 Å². The van der Waals surface area contributed by atoms with Gasteiger partial charge in [0.1, 0.15) is 12.1 Å². The van der Waals surface area contributed by atoms with Crippen LogP contribution in [0.15, 0.2) is 66.5 Å². The van der Waals surface area contributed by atoms with Gasteiger partial charge in [-0.3, -0.25) is 9.69 Å². The van der Waals surface area contributed by atoms with Crippen LogP contribution in [-0.4, -0.2) is 56.7 Å². The van der Waals surface area contributed by atoms with Crippen molar-refractivity contribution in [2.45, 2.75) is 31.8 Å². The fourth-order valence-corrected chi connectivity index (χ4v) is 4.15. The number of carbonyl (C=O) groups excluding carboxylic acids is 1. The summed E-state index contributed by atoms with van der Waals surface area (Å²) >= 11 is 0. The van der Waals surface area contributed by atoms with Gasteiger partial charge in [0.2, 0.25) is 5.91 Å². The highest BCUT2D eigenvalue weighted by Gasteiger charge is 2.38. The van der Waals surface area contributed by atoms with E-state index in [0.29, 0.717) is 32.5 Å². The highest BCUT2D eigenvalue weighted by molar-refractivity contribution is 5.82. The van der Waals surface area contributed by atoms with Crippen LogP contribution in [0.1, 0.15) is 30.5 Å². The number of hydrogen-bond donors (Lipinski definition) is 1. The number of hydrogen-bond acceptors (Lipinski definition) is 5. The molecule has 4 rings (SSSR count). The van der Waals surface area contributed by atoms with Crippen molar-refractivity contribution in [1.29, 1.82) is 0 Å². The van der Waals surface area contributed by atoms with Crippen molar-refractivity contribution in [3.8, 4) is 0 Å². The summed E-state index contributed by atoms with van der Waals surface area (Å²) in [6.07, 6.45) is 5.05. The Balaban J connectivity index is 1.41. The van der Waals surface area contributed by atoms with Crippen molar-refractivity contribution in [2.75, 3.05) is 19.6 Å². The number of nitrogens with zero attached hydrogens (tertiary/aromatic N) is 5. The Hall–Kier alpha value is -3.39. The van der Waals surface area contributed by atoms with Crippen LogP contribution in [0.2, 0.25) is 0 Å². The molecule has 1 aliphatic rings. The van der Waals surface area contributed by atoms with E-state index >= 15 is 0 Å². The molecular weight excluding hydrogens is 407 g/mol. The normalized spacial score (nSPS) is 19.2. The summed E-state index contributed by atoms with van der Waals surface area (Å²) in [5.41, 5.74) is 3.31. The number of tetrazole rings is 1. The van der Waals surface area contributed by atoms with E-state index in [1.165, 1.54) is 17.7 Å². The predicted molar refractivity (Wildman–Crippen MR) is 120 cm³/mol. The summed E-state index contributed by atoms with van der Waals surface area (Å²) in [5, 5.41) is 14.6. The second-order valence-corrected chi connectivity index (χ2v) is 8.19. The SMILES string of the molecule is C/C(=C\c1ccccc1)CN1C[C@H](n2cnnn2)C[C@H]1C(=O)NCCc1ccc(F)cc1. The molecule has 0 unspecified atom stereocenters. The van der Waals surface area contributed by atoms with E-state index in [0.717, 1.165) is 11.1 Å². The molecule has 0 aliphatic carbocycles. The largest absolute Gasteiger partial charge is 0.354 e. The topological polar surface area (TPSA) is 75.9 Å². The molecule has 1 amide bonds. The zero-order valence-corrected chi connectivity index (χ0v) is 18.1. The van der Waals surface area contributed by atoms with Crippen molar-refractivity contribution in [3.63, 3.8) is 0 Å². The lowest BCUT2D eigenvalue weighted by Gasteiger charge is -2.24. The van der Waals surface area contributed by atoms with E-state index < -0.39 is 0 Å². The minimum Gasteiger partial charge on any atom is -0.354 e. The fraction of sp³-hybridized carbons (Fsp3) is 0.333. The first kappa shape index (κ1) is 21.8. The van der Waals surface area contributed by atoms with Crippen molar-refractivity contribution >= 4 is 12.0 Å². The van der Waals surface area contributed by atoms with Crippen LogP contribution in [0.3, 0.4) is 0 Å². The van der Waals surface area contributed by atoms with Crippen LogP contribution in [0.25, 0.3) is 6.08 Å². The Morgan fingerprint density at radius 1 is 1.19 bits per heavy atom. The maximum absolute atomic E-state index is 13.1. The molecule has 2 atom stereocenters. The van der Waals surface area contributed by atoms with Crippen LogP contribution in [-0.2, 0) is 11.2 Å². The third-order valence-corrected chi connectivity index (χ3v) is 5.71. The Labute approximate surface area is 186 Å². The lowest BCUT2D eigenvalue weighted by molar-refractivity contribution is -0.125. The molecule has 0 saturated carbocycles. The molecule has 1 aromatic heterocycles. The Morgan fingerprint density at radius 2 is 1.97 bits per heavy atom. The van der Waals surface area contributed by atoms with Gasteiger partial charge in [-0.2, -0.15) is 0 Å². The van der Waals surface area contributed by atoms with E-state index in [1.54, 1.807) is 23.1 Å². The molecule has 1 fully saturated rings. The number of benzene rings is 2. The van der Waals surface area contributed by atoms with Gasteiger partial charge in [-0.15, -0.1) is 5.10 Å². The highest BCUT2D eigenvalue weighted by atomic mass is 19.1. The molecule has 7 nitrogen and oxygen atoms in total. The summed E-state index contributed by atoms with van der Waals surface area (Å²) < 4.78 is 14.8. The van der Waals surface area contributed by atoms with Gasteiger partial charge in [-0.25, -0.2) is 9.07 Å². The van der Waals surface area contributed by atoms with Crippen molar-refractivity contribution < 1.29 is 9.18 Å². The summed E-state index contributed by atoms with van der Waals surface area (Å²) in [5.74, 6) is -0.262. The van der Waals surface area contributed by atoms with Crippen molar-refractivity contribution in [1.82, 2.24) is 30.4 Å². The molecule has 3 aromatic rings. The third-order valence-electron chi connectivity index (χ3n) is 5.71. The molecule has 32 heavy (non-hydrogen) atoms. The second kappa shape index (κ2) is 10.3. The molecular formula is C24H27FN6O. The fourth-order valence-electron chi connectivity index (χ4n) is 4.15. The van der Waals surface area contributed by atoms with Gasteiger partial charge >= 0.3 is 0 Å². The maximum atomic E-state index is 13.1. The average Bonchev–Trinajstić information content (AvgIpc) is 3.46. The monoisotopic (exact) mass is 434 g/mol. The molecule has 166 valence electrons. The third kappa shape index (κ3) is 5.64. The van der Waals surface area contributed by atoms with Gasteiger partial charge in [0, 0.05) is 19.6 Å². The first-order valence-electron chi connectivity index (χ1n) is 10.8. The Bertz CT molecular complexity index is 1040. The van der Waals surface area contributed by atoms with Gasteiger partial charge in [-0.1, -0.05) is 54.1 Å². The molecule has 1 saturated heterocycles. The summed E-state index contributed by atoms with van der Waals surface area (Å²) in [6.45, 7) is 3.97. The molecule has 2 aromatic carbocycles. The lowest BCUT2D eigenvalue weighted by Crippen LogP contribution is -2.44. The molecule has 0 bridgehead atoms. The standard InChI is InChI=1S/C24H27FN6O/c1-18(13-20-5-3-2-4-6-20)15-30-16-22(31-17-27-28-29-31)14-23(30)24(32)26-12-11-19-7-9-21(25)10-8-19/h2-10,13,17,22-23H,11-12,14-16H2,1H3,(H,26,32)/b18-13+/t22-,23+/m1/s1. The average molecular weight is 435 g/mol. The van der Waals surface area contributed by atoms with E-state index in [4.69, 9.17) is 0 Å². The minimum atomic E-state index is -0.267.